The number of hydrogen-bond acceptors (Lipinski definition) is 4. The summed E-state index contributed by atoms with van der Waals surface area (Å²) in [5.41, 5.74) is 2.65. The Hall–Kier alpha value is -4.08. The Morgan fingerprint density at radius 3 is 2.53 bits per heavy atom. The highest BCUT2D eigenvalue weighted by Crippen LogP contribution is 2.38. The highest BCUT2D eigenvalue weighted by Gasteiger charge is 2.16. The summed E-state index contributed by atoms with van der Waals surface area (Å²) < 4.78 is 12.4. The zero-order chi connectivity index (χ0) is 25.5. The Morgan fingerprint density at radius 2 is 1.78 bits per heavy atom. The van der Waals surface area contributed by atoms with Crippen LogP contribution in [0.1, 0.15) is 29.7 Å². The van der Waals surface area contributed by atoms with Crippen molar-refractivity contribution in [2.24, 2.45) is 0 Å². The van der Waals surface area contributed by atoms with Gasteiger partial charge in [0.25, 0.3) is 5.91 Å². The second-order valence-electron chi connectivity index (χ2n) is 8.24. The summed E-state index contributed by atoms with van der Waals surface area (Å²) in [7, 11) is 1.56. The van der Waals surface area contributed by atoms with Gasteiger partial charge >= 0.3 is 0 Å². The summed E-state index contributed by atoms with van der Waals surface area (Å²) in [6.45, 7) is 2.23. The standard InChI is InChI=1S/C30H25BrN2O3/c1-20(22-9-4-3-5-10-22)33-30(34)25(18-32)15-21-16-27(31)29(28(17-21)35-2)36-19-24-13-8-12-23-11-6-7-14-26(23)24/h3-17,20H,19H2,1-2H3,(H,33,34)/b25-15+/t20-/m0/s1. The van der Waals surface area contributed by atoms with Gasteiger partial charge in [0.15, 0.2) is 11.5 Å². The Morgan fingerprint density at radius 1 is 1.06 bits per heavy atom. The third-order valence-corrected chi connectivity index (χ3v) is 6.42. The van der Waals surface area contributed by atoms with Crippen LogP contribution in [-0.2, 0) is 11.4 Å². The molecule has 0 aliphatic heterocycles. The number of fused-ring (bicyclic) bond motifs is 1. The molecule has 0 aromatic heterocycles. The summed E-state index contributed by atoms with van der Waals surface area (Å²) in [4.78, 5) is 12.8. The minimum atomic E-state index is -0.444. The Kier molecular flexibility index (Phi) is 8.04. The van der Waals surface area contributed by atoms with E-state index in [4.69, 9.17) is 9.47 Å². The SMILES string of the molecule is COc1cc(/C=C(\C#N)C(=O)N[C@@H](C)c2ccccc2)cc(Br)c1OCc1cccc2ccccc12. The maximum atomic E-state index is 12.8. The molecular formula is C30H25BrN2O3. The molecular weight excluding hydrogens is 516 g/mol. The molecule has 1 N–H and O–H groups in total. The molecule has 0 radical (unpaired) electrons. The lowest BCUT2D eigenvalue weighted by Gasteiger charge is -2.15. The number of carbonyl (C=O) groups is 1. The lowest BCUT2D eigenvalue weighted by Crippen LogP contribution is -2.27. The van der Waals surface area contributed by atoms with E-state index in [1.807, 2.05) is 67.6 Å². The van der Waals surface area contributed by atoms with E-state index in [1.54, 1.807) is 19.2 Å². The zero-order valence-electron chi connectivity index (χ0n) is 20.0. The summed E-state index contributed by atoms with van der Waals surface area (Å²) >= 11 is 3.56. The highest BCUT2D eigenvalue weighted by molar-refractivity contribution is 9.10. The van der Waals surface area contributed by atoms with E-state index in [-0.39, 0.29) is 11.6 Å². The second-order valence-corrected chi connectivity index (χ2v) is 9.09. The van der Waals surface area contributed by atoms with Gasteiger partial charge in [0.2, 0.25) is 0 Å². The van der Waals surface area contributed by atoms with Gasteiger partial charge in [0.1, 0.15) is 18.2 Å². The number of halogens is 1. The number of amides is 1. The summed E-state index contributed by atoms with van der Waals surface area (Å²) in [6, 6.07) is 29.2. The lowest BCUT2D eigenvalue weighted by atomic mass is 10.1. The number of nitrogens with one attached hydrogen (secondary N) is 1. The molecule has 4 aromatic rings. The van der Waals surface area contributed by atoms with Crippen LogP contribution in [0.4, 0.5) is 0 Å². The van der Waals surface area contributed by atoms with Gasteiger partial charge in [-0.3, -0.25) is 4.79 Å². The molecule has 1 atom stereocenters. The molecule has 0 bridgehead atoms. The molecule has 36 heavy (non-hydrogen) atoms. The fourth-order valence-corrected chi connectivity index (χ4v) is 4.52. The minimum absolute atomic E-state index is 0.00356. The average Bonchev–Trinajstić information content (AvgIpc) is 2.91. The Labute approximate surface area is 219 Å². The van der Waals surface area contributed by atoms with Crippen molar-refractivity contribution in [1.82, 2.24) is 5.32 Å². The van der Waals surface area contributed by atoms with Crippen molar-refractivity contribution in [3.05, 3.63) is 112 Å². The van der Waals surface area contributed by atoms with Crippen molar-refractivity contribution in [1.29, 1.82) is 5.26 Å². The number of carbonyl (C=O) groups excluding carboxylic acids is 1. The van der Waals surface area contributed by atoms with Crippen LogP contribution in [0.25, 0.3) is 16.8 Å². The van der Waals surface area contributed by atoms with Crippen molar-refractivity contribution < 1.29 is 14.3 Å². The second kappa shape index (κ2) is 11.6. The fraction of sp³-hybridized carbons (Fsp3) is 0.133. The molecule has 5 nitrogen and oxygen atoms in total. The molecule has 0 unspecified atom stereocenters. The molecule has 1 amide bonds. The van der Waals surface area contributed by atoms with Crippen LogP contribution >= 0.6 is 15.9 Å². The summed E-state index contributed by atoms with van der Waals surface area (Å²) in [6.07, 6.45) is 1.54. The molecule has 0 saturated heterocycles. The summed E-state index contributed by atoms with van der Waals surface area (Å²) in [5, 5.41) is 14.8. The molecule has 0 heterocycles. The summed E-state index contributed by atoms with van der Waals surface area (Å²) in [5.74, 6) is 0.592. The first-order valence-electron chi connectivity index (χ1n) is 11.4. The minimum Gasteiger partial charge on any atom is -0.493 e. The van der Waals surface area contributed by atoms with Crippen LogP contribution in [0.15, 0.2) is 95.0 Å². The van der Waals surface area contributed by atoms with Gasteiger partial charge in [0, 0.05) is 0 Å². The van der Waals surface area contributed by atoms with E-state index in [2.05, 4.69) is 39.4 Å². The van der Waals surface area contributed by atoms with E-state index in [0.717, 1.165) is 21.9 Å². The van der Waals surface area contributed by atoms with Gasteiger partial charge in [-0.1, -0.05) is 72.8 Å². The topological polar surface area (TPSA) is 71.3 Å². The number of methoxy groups -OCH3 is 1. The van der Waals surface area contributed by atoms with Gasteiger partial charge in [-0.2, -0.15) is 5.26 Å². The van der Waals surface area contributed by atoms with Crippen molar-refractivity contribution in [3.63, 3.8) is 0 Å². The predicted molar refractivity (Wildman–Crippen MR) is 146 cm³/mol. The fourth-order valence-electron chi connectivity index (χ4n) is 3.95. The molecule has 180 valence electrons. The van der Waals surface area contributed by atoms with Crippen LogP contribution in [0.3, 0.4) is 0 Å². The molecule has 4 aromatic carbocycles. The van der Waals surface area contributed by atoms with Gasteiger partial charge in [-0.25, -0.2) is 0 Å². The smallest absolute Gasteiger partial charge is 0.262 e. The van der Waals surface area contributed by atoms with Gasteiger partial charge in [-0.05, 0) is 68.5 Å². The molecule has 0 spiro atoms. The Bertz CT molecular complexity index is 1450. The van der Waals surface area contributed by atoms with Crippen molar-refractivity contribution in [2.45, 2.75) is 19.6 Å². The van der Waals surface area contributed by atoms with E-state index in [9.17, 15) is 10.1 Å². The van der Waals surface area contributed by atoms with Crippen LogP contribution in [0, 0.1) is 11.3 Å². The van der Waals surface area contributed by atoms with Crippen LogP contribution in [0.5, 0.6) is 11.5 Å². The van der Waals surface area contributed by atoms with E-state index >= 15 is 0 Å². The number of benzene rings is 4. The maximum Gasteiger partial charge on any atom is 0.262 e. The normalized spacial score (nSPS) is 12.0. The molecule has 0 saturated carbocycles. The van der Waals surface area contributed by atoms with Gasteiger partial charge in [-0.15, -0.1) is 0 Å². The van der Waals surface area contributed by atoms with Crippen molar-refractivity contribution in [2.75, 3.05) is 7.11 Å². The zero-order valence-corrected chi connectivity index (χ0v) is 21.6. The monoisotopic (exact) mass is 540 g/mol. The quantitative estimate of drug-likeness (QED) is 0.193. The highest BCUT2D eigenvalue weighted by atomic mass is 79.9. The first kappa shape index (κ1) is 25.0. The largest absolute Gasteiger partial charge is 0.493 e. The lowest BCUT2D eigenvalue weighted by molar-refractivity contribution is -0.117. The Balaban J connectivity index is 1.54. The number of hydrogen-bond donors (Lipinski definition) is 1. The van der Waals surface area contributed by atoms with E-state index < -0.39 is 5.91 Å². The molecule has 0 aliphatic carbocycles. The van der Waals surface area contributed by atoms with Gasteiger partial charge in [0.05, 0.1) is 17.6 Å². The van der Waals surface area contributed by atoms with E-state index in [1.165, 1.54) is 6.08 Å². The van der Waals surface area contributed by atoms with E-state index in [0.29, 0.717) is 28.1 Å². The predicted octanol–water partition coefficient (Wildman–Crippen LogP) is 6.97. The molecule has 0 aliphatic rings. The molecule has 4 rings (SSSR count). The maximum absolute atomic E-state index is 12.8. The van der Waals surface area contributed by atoms with Crippen molar-refractivity contribution >= 4 is 38.7 Å². The first-order chi connectivity index (χ1) is 17.5. The number of nitrogens with zero attached hydrogens (tertiary/aromatic N) is 1. The molecule has 0 fully saturated rings. The van der Waals surface area contributed by atoms with Crippen LogP contribution < -0.4 is 14.8 Å². The van der Waals surface area contributed by atoms with Crippen LogP contribution in [0.2, 0.25) is 0 Å². The third-order valence-electron chi connectivity index (χ3n) is 5.83. The average molecular weight is 541 g/mol. The number of ether oxygens (including phenoxy) is 2. The number of rotatable bonds is 8. The van der Waals surface area contributed by atoms with Crippen molar-refractivity contribution in [3.8, 4) is 17.6 Å². The van der Waals surface area contributed by atoms with Crippen LogP contribution in [-0.4, -0.2) is 13.0 Å². The van der Waals surface area contributed by atoms with Gasteiger partial charge < -0.3 is 14.8 Å². The third kappa shape index (κ3) is 5.76. The molecule has 6 heteroatoms. The first-order valence-corrected chi connectivity index (χ1v) is 12.2. The number of nitriles is 1.